The van der Waals surface area contributed by atoms with E-state index in [0.29, 0.717) is 18.0 Å². The standard InChI is InChI=1S/C18H19FN2/c1-13(2)11-18-20-16-9-5-6-10-17(16)21(18)12-14-7-3-4-8-15(14)19/h3-10,13H,11-12H2,1-2H3. The lowest BCUT2D eigenvalue weighted by Gasteiger charge is -2.11. The Morgan fingerprint density at radius 1 is 1.05 bits per heavy atom. The van der Waals surface area contributed by atoms with E-state index in [1.54, 1.807) is 6.07 Å². The number of rotatable bonds is 4. The third kappa shape index (κ3) is 2.82. The van der Waals surface area contributed by atoms with Crippen LogP contribution >= 0.6 is 0 Å². The van der Waals surface area contributed by atoms with E-state index < -0.39 is 0 Å². The van der Waals surface area contributed by atoms with Crippen molar-refractivity contribution in [3.05, 3.63) is 65.7 Å². The lowest BCUT2D eigenvalue weighted by Crippen LogP contribution is -2.09. The minimum atomic E-state index is -0.161. The second kappa shape index (κ2) is 5.68. The second-order valence-electron chi connectivity index (χ2n) is 5.79. The highest BCUT2D eigenvalue weighted by molar-refractivity contribution is 5.76. The topological polar surface area (TPSA) is 17.8 Å². The number of nitrogens with zero attached hydrogens (tertiary/aromatic N) is 2. The summed E-state index contributed by atoms with van der Waals surface area (Å²) in [5, 5.41) is 0. The first-order chi connectivity index (χ1) is 10.1. The van der Waals surface area contributed by atoms with E-state index in [1.807, 2.05) is 36.4 Å². The maximum absolute atomic E-state index is 13.9. The average Bonchev–Trinajstić information content (AvgIpc) is 2.78. The normalized spacial score (nSPS) is 11.4. The molecule has 0 saturated carbocycles. The molecule has 0 radical (unpaired) electrons. The first-order valence-corrected chi connectivity index (χ1v) is 7.32. The summed E-state index contributed by atoms with van der Waals surface area (Å²) >= 11 is 0. The SMILES string of the molecule is CC(C)Cc1nc2ccccc2n1Cc1ccccc1F. The Bertz CT molecular complexity index is 759. The van der Waals surface area contributed by atoms with Crippen molar-refractivity contribution < 1.29 is 4.39 Å². The minimum absolute atomic E-state index is 0.161. The van der Waals surface area contributed by atoms with Gasteiger partial charge < -0.3 is 4.57 Å². The van der Waals surface area contributed by atoms with E-state index >= 15 is 0 Å². The van der Waals surface area contributed by atoms with E-state index in [9.17, 15) is 4.39 Å². The van der Waals surface area contributed by atoms with Crippen LogP contribution in [0.1, 0.15) is 25.2 Å². The molecule has 0 aliphatic rings. The van der Waals surface area contributed by atoms with Crippen LogP contribution in [0.15, 0.2) is 48.5 Å². The van der Waals surface area contributed by atoms with Crippen LogP contribution < -0.4 is 0 Å². The molecule has 1 heterocycles. The first kappa shape index (κ1) is 13.8. The number of benzene rings is 2. The van der Waals surface area contributed by atoms with Crippen LogP contribution in [0.2, 0.25) is 0 Å². The molecule has 0 unspecified atom stereocenters. The Kier molecular flexibility index (Phi) is 3.74. The van der Waals surface area contributed by atoms with Gasteiger partial charge in [0.25, 0.3) is 0 Å². The number of halogens is 1. The third-order valence-corrected chi connectivity index (χ3v) is 3.61. The molecule has 3 aromatic rings. The van der Waals surface area contributed by atoms with Crippen LogP contribution in [-0.4, -0.2) is 9.55 Å². The van der Waals surface area contributed by atoms with Gasteiger partial charge in [0, 0.05) is 12.0 Å². The molecule has 0 aliphatic carbocycles. The monoisotopic (exact) mass is 282 g/mol. The lowest BCUT2D eigenvalue weighted by molar-refractivity contribution is 0.575. The molecule has 3 heteroatoms. The summed E-state index contributed by atoms with van der Waals surface area (Å²) in [5.74, 6) is 1.38. The molecular formula is C18H19FN2. The summed E-state index contributed by atoms with van der Waals surface area (Å²) in [6, 6.07) is 15.0. The number of aromatic nitrogens is 2. The fourth-order valence-electron chi connectivity index (χ4n) is 2.62. The predicted octanol–water partition coefficient (Wildman–Crippen LogP) is 4.42. The zero-order valence-corrected chi connectivity index (χ0v) is 12.4. The summed E-state index contributed by atoms with van der Waals surface area (Å²) in [5.41, 5.74) is 2.74. The number of hydrogen-bond donors (Lipinski definition) is 0. The molecule has 0 spiro atoms. The Morgan fingerprint density at radius 3 is 2.52 bits per heavy atom. The molecular weight excluding hydrogens is 263 g/mol. The summed E-state index contributed by atoms with van der Waals surface area (Å²) < 4.78 is 16.1. The molecule has 3 rings (SSSR count). The van der Waals surface area contributed by atoms with Crippen molar-refractivity contribution >= 4 is 11.0 Å². The summed E-state index contributed by atoms with van der Waals surface area (Å²) in [7, 11) is 0. The van der Waals surface area contributed by atoms with Crippen LogP contribution in [-0.2, 0) is 13.0 Å². The van der Waals surface area contributed by atoms with Crippen molar-refractivity contribution in [3.8, 4) is 0 Å². The van der Waals surface area contributed by atoms with Crippen molar-refractivity contribution in [2.24, 2.45) is 5.92 Å². The average molecular weight is 282 g/mol. The number of fused-ring (bicyclic) bond motifs is 1. The van der Waals surface area contributed by atoms with Crippen LogP contribution in [0, 0.1) is 11.7 Å². The van der Waals surface area contributed by atoms with Crippen molar-refractivity contribution in [3.63, 3.8) is 0 Å². The molecule has 0 aliphatic heterocycles. The van der Waals surface area contributed by atoms with Crippen LogP contribution in [0.3, 0.4) is 0 Å². The van der Waals surface area contributed by atoms with E-state index in [4.69, 9.17) is 4.98 Å². The van der Waals surface area contributed by atoms with Crippen LogP contribution in [0.4, 0.5) is 4.39 Å². The fourth-order valence-corrected chi connectivity index (χ4v) is 2.62. The number of imidazole rings is 1. The Morgan fingerprint density at radius 2 is 1.76 bits per heavy atom. The molecule has 2 aromatic carbocycles. The van der Waals surface area contributed by atoms with Gasteiger partial charge in [-0.25, -0.2) is 9.37 Å². The van der Waals surface area contributed by atoms with Gasteiger partial charge in [-0.2, -0.15) is 0 Å². The zero-order valence-electron chi connectivity index (χ0n) is 12.4. The molecule has 0 N–H and O–H groups in total. The molecule has 0 bridgehead atoms. The van der Waals surface area contributed by atoms with E-state index in [0.717, 1.165) is 23.3 Å². The fraction of sp³-hybridized carbons (Fsp3) is 0.278. The molecule has 21 heavy (non-hydrogen) atoms. The first-order valence-electron chi connectivity index (χ1n) is 7.32. The smallest absolute Gasteiger partial charge is 0.128 e. The Labute approximate surface area is 124 Å². The maximum atomic E-state index is 13.9. The summed E-state index contributed by atoms with van der Waals surface area (Å²) in [6.45, 7) is 4.87. The highest BCUT2D eigenvalue weighted by atomic mass is 19.1. The maximum Gasteiger partial charge on any atom is 0.128 e. The molecule has 1 aromatic heterocycles. The minimum Gasteiger partial charge on any atom is -0.323 e. The van der Waals surface area contributed by atoms with Gasteiger partial charge in [0.15, 0.2) is 0 Å². The van der Waals surface area contributed by atoms with E-state index in [-0.39, 0.29) is 5.82 Å². The van der Waals surface area contributed by atoms with Crippen molar-refractivity contribution in [1.29, 1.82) is 0 Å². The van der Waals surface area contributed by atoms with Crippen LogP contribution in [0.25, 0.3) is 11.0 Å². The van der Waals surface area contributed by atoms with Gasteiger partial charge in [-0.3, -0.25) is 0 Å². The summed E-state index contributed by atoms with van der Waals surface area (Å²) in [6.07, 6.45) is 0.892. The van der Waals surface area contributed by atoms with Gasteiger partial charge in [-0.1, -0.05) is 44.2 Å². The molecule has 2 nitrogen and oxygen atoms in total. The number of hydrogen-bond acceptors (Lipinski definition) is 1. The van der Waals surface area contributed by atoms with E-state index in [1.165, 1.54) is 6.07 Å². The third-order valence-electron chi connectivity index (χ3n) is 3.61. The predicted molar refractivity (Wildman–Crippen MR) is 83.8 cm³/mol. The summed E-state index contributed by atoms with van der Waals surface area (Å²) in [4.78, 5) is 4.72. The number of para-hydroxylation sites is 2. The van der Waals surface area contributed by atoms with Gasteiger partial charge >= 0.3 is 0 Å². The Balaban J connectivity index is 2.09. The van der Waals surface area contributed by atoms with Crippen molar-refractivity contribution in [2.45, 2.75) is 26.8 Å². The quantitative estimate of drug-likeness (QED) is 0.692. The largest absolute Gasteiger partial charge is 0.323 e. The van der Waals surface area contributed by atoms with Crippen molar-refractivity contribution in [2.75, 3.05) is 0 Å². The lowest BCUT2D eigenvalue weighted by atomic mass is 10.1. The molecule has 0 fully saturated rings. The van der Waals surface area contributed by atoms with E-state index in [2.05, 4.69) is 18.4 Å². The highest BCUT2D eigenvalue weighted by Crippen LogP contribution is 2.21. The molecule has 0 atom stereocenters. The van der Waals surface area contributed by atoms with Crippen molar-refractivity contribution in [1.82, 2.24) is 9.55 Å². The zero-order chi connectivity index (χ0) is 14.8. The van der Waals surface area contributed by atoms with Gasteiger partial charge in [0.2, 0.25) is 0 Å². The van der Waals surface area contributed by atoms with Gasteiger partial charge in [-0.15, -0.1) is 0 Å². The van der Waals surface area contributed by atoms with Gasteiger partial charge in [0.1, 0.15) is 11.6 Å². The molecule has 0 saturated heterocycles. The van der Waals surface area contributed by atoms with Gasteiger partial charge in [-0.05, 0) is 24.1 Å². The molecule has 0 amide bonds. The van der Waals surface area contributed by atoms with Crippen LogP contribution in [0.5, 0.6) is 0 Å². The highest BCUT2D eigenvalue weighted by Gasteiger charge is 2.13. The second-order valence-corrected chi connectivity index (χ2v) is 5.79. The molecule has 108 valence electrons. The van der Waals surface area contributed by atoms with Gasteiger partial charge in [0.05, 0.1) is 17.6 Å². The Hall–Kier alpha value is -2.16.